The van der Waals surface area contributed by atoms with Crippen molar-refractivity contribution < 1.29 is 8.97 Å². The van der Waals surface area contributed by atoms with Crippen LogP contribution in [-0.4, -0.2) is 68.4 Å². The number of rotatable bonds is 8. The highest BCUT2D eigenvalue weighted by molar-refractivity contribution is 5.61. The molecule has 0 atom stereocenters. The van der Waals surface area contributed by atoms with E-state index in [0.717, 1.165) is 36.2 Å². The number of hydrogen-bond acceptors (Lipinski definition) is 2. The third-order valence-corrected chi connectivity index (χ3v) is 7.86. The van der Waals surface area contributed by atoms with Crippen LogP contribution in [0.2, 0.25) is 0 Å². The molecule has 4 nitrogen and oxygen atoms in total. The molecule has 0 aromatic heterocycles. The second-order valence-electron chi connectivity index (χ2n) is 10.7. The van der Waals surface area contributed by atoms with Crippen LogP contribution in [0.5, 0.6) is 0 Å². The van der Waals surface area contributed by atoms with E-state index in [1.165, 1.54) is 91.7 Å². The van der Waals surface area contributed by atoms with E-state index >= 15 is 0 Å². The summed E-state index contributed by atoms with van der Waals surface area (Å²) in [6.07, 6.45) is 13.0. The van der Waals surface area contributed by atoms with Crippen molar-refractivity contribution >= 4 is 6.08 Å². The van der Waals surface area contributed by atoms with Gasteiger partial charge < -0.3 is 20.0 Å². The zero-order chi connectivity index (χ0) is 22.4. The molecule has 0 saturated carbocycles. The normalized spacial score (nSPS) is 23.8. The van der Waals surface area contributed by atoms with Crippen LogP contribution in [-0.2, 0) is 6.54 Å². The highest BCUT2D eigenvalue weighted by atomic mass is 15.4. The van der Waals surface area contributed by atoms with Crippen LogP contribution in [0.25, 0.3) is 6.08 Å². The van der Waals surface area contributed by atoms with Gasteiger partial charge in [-0.05, 0) is 30.1 Å². The first-order valence-electron chi connectivity index (χ1n) is 12.8. The Morgan fingerprint density at radius 3 is 2.41 bits per heavy atom. The number of quaternary nitrogens is 2. The molecule has 2 fully saturated rings. The smallest absolute Gasteiger partial charge is 0.105 e. The molecule has 0 unspecified atom stereocenters. The van der Waals surface area contributed by atoms with Crippen LogP contribution >= 0.6 is 0 Å². The van der Waals surface area contributed by atoms with Crippen molar-refractivity contribution in [3.63, 3.8) is 0 Å². The molecule has 0 radical (unpaired) electrons. The van der Waals surface area contributed by atoms with Crippen LogP contribution in [0.1, 0.15) is 50.2 Å². The molecule has 1 aromatic carbocycles. The Hall–Kier alpha value is -1.88. The molecule has 4 heteroatoms. The van der Waals surface area contributed by atoms with Gasteiger partial charge in [0.05, 0.1) is 39.8 Å². The first kappa shape index (κ1) is 23.3. The van der Waals surface area contributed by atoms with Crippen molar-refractivity contribution in [3.8, 4) is 0 Å². The summed E-state index contributed by atoms with van der Waals surface area (Å²) in [6, 6.07) is 9.38. The van der Waals surface area contributed by atoms with Gasteiger partial charge >= 0.3 is 0 Å². The maximum absolute atomic E-state index is 6.20. The molecule has 3 N–H and O–H groups in total. The van der Waals surface area contributed by atoms with Gasteiger partial charge in [-0.25, -0.2) is 0 Å². The van der Waals surface area contributed by atoms with Gasteiger partial charge in [0.2, 0.25) is 0 Å². The van der Waals surface area contributed by atoms with Crippen LogP contribution in [0.4, 0.5) is 0 Å². The lowest BCUT2D eigenvalue weighted by Gasteiger charge is -2.42. The van der Waals surface area contributed by atoms with Gasteiger partial charge in [-0.3, -0.25) is 0 Å². The Labute approximate surface area is 195 Å². The van der Waals surface area contributed by atoms with Gasteiger partial charge in [0.1, 0.15) is 13.1 Å². The molecular weight excluding hydrogens is 392 g/mol. The molecule has 2 heterocycles. The highest BCUT2D eigenvalue weighted by Crippen LogP contribution is 2.29. The summed E-state index contributed by atoms with van der Waals surface area (Å²) in [5.41, 5.74) is 12.8. The molecule has 174 valence electrons. The number of allylic oxidation sites excluding steroid dienone is 2. The lowest BCUT2D eigenvalue weighted by molar-refractivity contribution is -0.942. The Morgan fingerprint density at radius 2 is 1.72 bits per heavy atom. The number of likely N-dealkylation sites (tertiary alicyclic amines) is 1. The van der Waals surface area contributed by atoms with Crippen molar-refractivity contribution in [1.82, 2.24) is 5.32 Å². The predicted molar refractivity (Wildman–Crippen MR) is 136 cm³/mol. The Kier molecular flexibility index (Phi) is 7.55. The third-order valence-electron chi connectivity index (χ3n) is 7.86. The van der Waals surface area contributed by atoms with Gasteiger partial charge in [0.15, 0.2) is 0 Å². The van der Waals surface area contributed by atoms with E-state index in [1.807, 2.05) is 0 Å². The van der Waals surface area contributed by atoms with E-state index in [9.17, 15) is 0 Å². The Morgan fingerprint density at radius 1 is 1.00 bits per heavy atom. The summed E-state index contributed by atoms with van der Waals surface area (Å²) in [6.45, 7) is 13.3. The van der Waals surface area contributed by atoms with Crippen molar-refractivity contribution in [2.24, 2.45) is 5.73 Å². The second kappa shape index (κ2) is 10.4. The first-order chi connectivity index (χ1) is 15.5. The summed E-state index contributed by atoms with van der Waals surface area (Å²) in [7, 11) is 2.40. The van der Waals surface area contributed by atoms with Gasteiger partial charge in [-0.2, -0.15) is 0 Å². The number of benzene rings is 1. The average molecular weight is 437 g/mol. The van der Waals surface area contributed by atoms with E-state index in [1.54, 1.807) is 0 Å². The molecule has 4 rings (SSSR count). The summed E-state index contributed by atoms with van der Waals surface area (Å²) in [5, 5.41) is 3.55. The zero-order valence-electron chi connectivity index (χ0n) is 20.4. The van der Waals surface area contributed by atoms with Crippen molar-refractivity contribution in [2.45, 2.75) is 45.6 Å². The monoisotopic (exact) mass is 436 g/mol. The van der Waals surface area contributed by atoms with E-state index in [4.69, 9.17) is 5.73 Å². The fourth-order valence-corrected chi connectivity index (χ4v) is 5.81. The Bertz CT molecular complexity index is 850. The van der Waals surface area contributed by atoms with Gasteiger partial charge in [0.25, 0.3) is 0 Å². The predicted octanol–water partition coefficient (Wildman–Crippen LogP) is 4.20. The van der Waals surface area contributed by atoms with Crippen molar-refractivity contribution in [3.05, 3.63) is 64.4 Å². The van der Waals surface area contributed by atoms with Crippen LogP contribution in [0, 0.1) is 0 Å². The standard InChI is InChI=1S/C28H44N4/c1-3-4-17-32(18-13-30-14-19-32)22-25-9-7-24(8-10-25)20-26-11-12-28(29)21-27(26)23-31(2)15-5-6-16-31/h7-10,12,20-21,30H,3-6,11,13-19,22-23,29H2,1-2H3/q+2. The summed E-state index contributed by atoms with van der Waals surface area (Å²) < 4.78 is 2.40. The number of nitrogens with zero attached hydrogens (tertiary/aromatic N) is 2. The first-order valence-corrected chi connectivity index (χ1v) is 12.8. The number of piperazine rings is 1. The number of unbranched alkanes of at least 4 members (excludes halogenated alkanes) is 1. The SMILES string of the molecule is CCCC[N+]1(Cc2ccc(C=C3CC=C(N)C=C3C[N+]3(C)CCCC3)cc2)CCNCC1. The second-order valence-corrected chi connectivity index (χ2v) is 10.7. The lowest BCUT2D eigenvalue weighted by Crippen LogP contribution is -2.58. The molecule has 1 aromatic rings. The largest absolute Gasteiger partial charge is 0.399 e. The molecule has 0 amide bonds. The minimum Gasteiger partial charge on any atom is -0.399 e. The Balaban J connectivity index is 1.47. The van der Waals surface area contributed by atoms with Gasteiger partial charge in [0, 0.05) is 42.8 Å². The fourth-order valence-electron chi connectivity index (χ4n) is 5.81. The van der Waals surface area contributed by atoms with E-state index in [-0.39, 0.29) is 0 Å². The molecule has 2 saturated heterocycles. The molecule has 2 aliphatic heterocycles. The molecular formula is C28H44N4+2. The molecule has 0 bridgehead atoms. The number of nitrogens with two attached hydrogens (primary N) is 1. The number of nitrogens with one attached hydrogen (secondary N) is 1. The van der Waals surface area contributed by atoms with Crippen molar-refractivity contribution in [2.75, 3.05) is 59.4 Å². The number of likely N-dealkylation sites (N-methyl/N-ethyl adjacent to an activating group) is 1. The molecule has 3 aliphatic rings. The van der Waals surface area contributed by atoms with Crippen LogP contribution in [0.15, 0.2) is 53.3 Å². The van der Waals surface area contributed by atoms with E-state index in [0.29, 0.717) is 0 Å². The lowest BCUT2D eigenvalue weighted by atomic mass is 9.93. The summed E-state index contributed by atoms with van der Waals surface area (Å²) >= 11 is 0. The molecule has 1 aliphatic carbocycles. The van der Waals surface area contributed by atoms with Crippen molar-refractivity contribution in [1.29, 1.82) is 0 Å². The van der Waals surface area contributed by atoms with Gasteiger partial charge in [-0.15, -0.1) is 0 Å². The molecule has 32 heavy (non-hydrogen) atoms. The maximum Gasteiger partial charge on any atom is 0.105 e. The summed E-state index contributed by atoms with van der Waals surface area (Å²) in [5.74, 6) is 0. The quantitative estimate of drug-likeness (QED) is 0.599. The van der Waals surface area contributed by atoms with Crippen LogP contribution < -0.4 is 11.1 Å². The third kappa shape index (κ3) is 5.92. The maximum atomic E-state index is 6.20. The minimum absolute atomic E-state index is 0.926. The number of hydrogen-bond donors (Lipinski definition) is 2. The average Bonchev–Trinajstić information content (AvgIpc) is 3.22. The zero-order valence-corrected chi connectivity index (χ0v) is 20.4. The fraction of sp³-hybridized carbons (Fsp3) is 0.571. The van der Waals surface area contributed by atoms with E-state index < -0.39 is 0 Å². The summed E-state index contributed by atoms with van der Waals surface area (Å²) in [4.78, 5) is 0. The van der Waals surface area contributed by atoms with E-state index in [2.05, 4.69) is 61.8 Å². The minimum atomic E-state index is 0.926. The highest BCUT2D eigenvalue weighted by Gasteiger charge is 2.30. The van der Waals surface area contributed by atoms with Crippen LogP contribution in [0.3, 0.4) is 0 Å². The molecule has 0 spiro atoms. The topological polar surface area (TPSA) is 38.0 Å². The van der Waals surface area contributed by atoms with Gasteiger partial charge in [-0.1, -0.05) is 49.8 Å².